The van der Waals surface area contributed by atoms with Gasteiger partial charge < -0.3 is 10.2 Å². The average molecular weight is 373 g/mol. The molecule has 26 heavy (non-hydrogen) atoms. The van der Waals surface area contributed by atoms with Crippen LogP contribution in [0.5, 0.6) is 0 Å². The van der Waals surface area contributed by atoms with Crippen molar-refractivity contribution < 1.29 is 4.79 Å². The molecule has 1 saturated heterocycles. The van der Waals surface area contributed by atoms with Crippen molar-refractivity contribution in [2.24, 2.45) is 0 Å². The minimum absolute atomic E-state index is 0. The highest BCUT2D eigenvalue weighted by molar-refractivity contribution is 5.96. The van der Waals surface area contributed by atoms with Crippen LogP contribution in [0.25, 0.3) is 0 Å². The number of para-hydroxylation sites is 1. The molecule has 1 atom stereocenters. The van der Waals surface area contributed by atoms with E-state index in [9.17, 15) is 4.79 Å². The van der Waals surface area contributed by atoms with E-state index in [0.29, 0.717) is 6.54 Å². The van der Waals surface area contributed by atoms with Gasteiger partial charge in [0, 0.05) is 50.3 Å². The van der Waals surface area contributed by atoms with Gasteiger partial charge in [0.2, 0.25) is 5.91 Å². The number of halogens is 1. The smallest absolute Gasteiger partial charge is 0.241 e. The van der Waals surface area contributed by atoms with Crippen LogP contribution in [0, 0.1) is 0 Å². The largest absolute Gasteiger partial charge is 0.314 e. The quantitative estimate of drug-likeness (QED) is 0.899. The summed E-state index contributed by atoms with van der Waals surface area (Å²) < 4.78 is 0. The van der Waals surface area contributed by atoms with E-state index in [1.165, 1.54) is 11.1 Å². The summed E-state index contributed by atoms with van der Waals surface area (Å²) >= 11 is 0. The van der Waals surface area contributed by atoms with Crippen LogP contribution in [-0.2, 0) is 11.2 Å². The summed E-state index contributed by atoms with van der Waals surface area (Å²) in [5, 5.41) is 3.44. The average Bonchev–Trinajstić information content (AvgIpc) is 2.68. The van der Waals surface area contributed by atoms with E-state index < -0.39 is 0 Å². The second kappa shape index (κ2) is 8.62. The van der Waals surface area contributed by atoms with E-state index in [-0.39, 0.29) is 24.4 Å². The minimum Gasteiger partial charge on any atom is -0.314 e. The molecule has 6 heteroatoms. The molecule has 1 unspecified atom stereocenters. The van der Waals surface area contributed by atoms with Gasteiger partial charge in [-0.3, -0.25) is 14.7 Å². The zero-order chi connectivity index (χ0) is 17.1. The number of benzene rings is 1. The number of pyridine rings is 1. The molecule has 3 heterocycles. The van der Waals surface area contributed by atoms with Crippen LogP contribution in [0.1, 0.15) is 23.6 Å². The van der Waals surface area contributed by atoms with E-state index in [1.807, 2.05) is 23.2 Å². The van der Waals surface area contributed by atoms with Gasteiger partial charge in [-0.2, -0.15) is 0 Å². The molecule has 4 rings (SSSR count). The molecule has 5 nitrogen and oxygen atoms in total. The van der Waals surface area contributed by atoms with Crippen molar-refractivity contribution in [1.29, 1.82) is 0 Å². The van der Waals surface area contributed by atoms with Gasteiger partial charge in [-0.05, 0) is 36.1 Å². The fraction of sp³-hybridized carbons (Fsp3) is 0.400. The van der Waals surface area contributed by atoms with Crippen LogP contribution in [-0.4, -0.2) is 48.5 Å². The summed E-state index contributed by atoms with van der Waals surface area (Å²) in [5.41, 5.74) is 3.54. The first-order valence-corrected chi connectivity index (χ1v) is 9.06. The number of rotatable bonds is 3. The molecule has 1 N–H and O–H groups in total. The lowest BCUT2D eigenvalue weighted by Gasteiger charge is -2.38. The third-order valence-electron chi connectivity index (χ3n) is 5.17. The molecule has 2 aliphatic rings. The van der Waals surface area contributed by atoms with E-state index in [2.05, 4.69) is 39.5 Å². The van der Waals surface area contributed by atoms with E-state index in [1.54, 1.807) is 6.20 Å². The first-order chi connectivity index (χ1) is 12.3. The fourth-order valence-corrected chi connectivity index (χ4v) is 3.89. The Balaban J connectivity index is 0.00000196. The number of piperazine rings is 1. The first kappa shape index (κ1) is 18.8. The van der Waals surface area contributed by atoms with Crippen molar-refractivity contribution in [3.05, 3.63) is 59.9 Å². The molecule has 2 aromatic rings. The Bertz CT molecular complexity index is 740. The number of fused-ring (bicyclic) bond motifs is 1. The van der Waals surface area contributed by atoms with Gasteiger partial charge in [-0.15, -0.1) is 12.4 Å². The lowest BCUT2D eigenvalue weighted by Crippen LogP contribution is -2.50. The maximum Gasteiger partial charge on any atom is 0.241 e. The first-order valence-electron chi connectivity index (χ1n) is 9.06. The van der Waals surface area contributed by atoms with E-state index in [4.69, 9.17) is 0 Å². The molecule has 0 spiro atoms. The number of hydrogen-bond donors (Lipinski definition) is 1. The fourth-order valence-electron chi connectivity index (χ4n) is 3.89. The van der Waals surface area contributed by atoms with Gasteiger partial charge in [0.25, 0.3) is 0 Å². The number of amides is 1. The van der Waals surface area contributed by atoms with Crippen molar-refractivity contribution >= 4 is 24.0 Å². The number of nitrogens with zero attached hydrogens (tertiary/aromatic N) is 3. The molecule has 1 fully saturated rings. The predicted octanol–water partition coefficient (Wildman–Crippen LogP) is 2.43. The topological polar surface area (TPSA) is 48.5 Å². The number of nitrogens with one attached hydrogen (secondary N) is 1. The highest BCUT2D eigenvalue weighted by Crippen LogP contribution is 2.28. The van der Waals surface area contributed by atoms with Crippen LogP contribution in [0.3, 0.4) is 0 Å². The lowest BCUT2D eigenvalue weighted by atomic mass is 10.0. The van der Waals surface area contributed by atoms with Gasteiger partial charge in [0.15, 0.2) is 0 Å². The predicted molar refractivity (Wildman–Crippen MR) is 106 cm³/mol. The van der Waals surface area contributed by atoms with E-state index in [0.717, 1.165) is 44.7 Å². The lowest BCUT2D eigenvalue weighted by molar-refractivity contribution is -0.120. The molecule has 1 aromatic carbocycles. The maximum atomic E-state index is 13.1. The van der Waals surface area contributed by atoms with Crippen molar-refractivity contribution in [3.63, 3.8) is 0 Å². The maximum absolute atomic E-state index is 13.1. The Morgan fingerprint density at radius 1 is 1.19 bits per heavy atom. The number of aromatic nitrogens is 1. The molecule has 0 bridgehead atoms. The molecule has 1 amide bonds. The van der Waals surface area contributed by atoms with Crippen LogP contribution in [0.2, 0.25) is 0 Å². The summed E-state index contributed by atoms with van der Waals surface area (Å²) in [5.74, 6) is 0.197. The molecule has 0 saturated carbocycles. The molecular weight excluding hydrogens is 348 g/mol. The summed E-state index contributed by atoms with van der Waals surface area (Å²) in [4.78, 5) is 21.6. The van der Waals surface area contributed by atoms with Crippen molar-refractivity contribution in [3.8, 4) is 0 Å². The Hall–Kier alpha value is -1.95. The van der Waals surface area contributed by atoms with Crippen LogP contribution in [0.15, 0.2) is 48.8 Å². The Labute approximate surface area is 160 Å². The standard InChI is InChI=1S/C20H24N4O.ClH/c25-20(24-11-4-7-16-5-1-2-8-18(16)24)15-23-12-10-22-14-19(23)17-6-3-9-21-13-17;/h1-3,5-6,8-9,13,19,22H,4,7,10-12,14-15H2;1H. The summed E-state index contributed by atoms with van der Waals surface area (Å²) in [7, 11) is 0. The van der Waals surface area contributed by atoms with Gasteiger partial charge >= 0.3 is 0 Å². The third kappa shape index (κ3) is 3.90. The number of aryl methyl sites for hydroxylation is 1. The van der Waals surface area contributed by atoms with Crippen LogP contribution >= 0.6 is 12.4 Å². The summed E-state index contributed by atoms with van der Waals surface area (Å²) in [6, 6.07) is 12.5. The zero-order valence-corrected chi connectivity index (χ0v) is 15.6. The number of hydrogen-bond acceptors (Lipinski definition) is 4. The van der Waals surface area contributed by atoms with Gasteiger partial charge in [-0.1, -0.05) is 24.3 Å². The number of carbonyl (C=O) groups excluding carboxylic acids is 1. The molecule has 1 aromatic heterocycles. The zero-order valence-electron chi connectivity index (χ0n) is 14.8. The Kier molecular flexibility index (Phi) is 6.25. The number of carbonyl (C=O) groups is 1. The second-order valence-electron chi connectivity index (χ2n) is 6.75. The molecular formula is C20H25ClN4O. The van der Waals surface area contributed by atoms with Gasteiger partial charge in [0.1, 0.15) is 0 Å². The SMILES string of the molecule is Cl.O=C(CN1CCNCC1c1cccnc1)N1CCCc2ccccc21. The Morgan fingerprint density at radius 2 is 2.08 bits per heavy atom. The van der Waals surface area contributed by atoms with Crippen LogP contribution in [0.4, 0.5) is 5.69 Å². The minimum atomic E-state index is 0. The summed E-state index contributed by atoms with van der Waals surface area (Å²) in [6.45, 7) is 3.92. The molecule has 2 aliphatic heterocycles. The highest BCUT2D eigenvalue weighted by Gasteiger charge is 2.29. The number of anilines is 1. The Morgan fingerprint density at radius 3 is 2.92 bits per heavy atom. The molecule has 0 aliphatic carbocycles. The third-order valence-corrected chi connectivity index (χ3v) is 5.17. The van der Waals surface area contributed by atoms with Crippen LogP contribution < -0.4 is 10.2 Å². The van der Waals surface area contributed by atoms with Crippen molar-refractivity contribution in [2.45, 2.75) is 18.9 Å². The van der Waals surface area contributed by atoms with Gasteiger partial charge in [0.05, 0.1) is 6.54 Å². The second-order valence-corrected chi connectivity index (χ2v) is 6.75. The monoisotopic (exact) mass is 372 g/mol. The molecule has 138 valence electrons. The van der Waals surface area contributed by atoms with Crippen molar-refractivity contribution in [2.75, 3.05) is 37.6 Å². The molecule has 0 radical (unpaired) electrons. The van der Waals surface area contributed by atoms with Gasteiger partial charge in [-0.25, -0.2) is 0 Å². The van der Waals surface area contributed by atoms with E-state index >= 15 is 0 Å². The highest BCUT2D eigenvalue weighted by atomic mass is 35.5. The normalized spacial score (nSPS) is 20.2. The summed E-state index contributed by atoms with van der Waals surface area (Å²) in [6.07, 6.45) is 5.80. The van der Waals surface area contributed by atoms with Crippen molar-refractivity contribution in [1.82, 2.24) is 15.2 Å².